The molecule has 0 spiro atoms. The minimum atomic E-state index is -0.863. The Morgan fingerprint density at radius 1 is 1.31 bits per heavy atom. The average Bonchev–Trinajstić information content (AvgIpc) is 3.19. The maximum atomic E-state index is 13.3. The van der Waals surface area contributed by atoms with Gasteiger partial charge in [-0.25, -0.2) is 9.37 Å². The molecule has 1 unspecified atom stereocenters. The van der Waals surface area contributed by atoms with E-state index in [0.29, 0.717) is 42.2 Å². The second-order valence-electron chi connectivity index (χ2n) is 8.28. The molecule has 3 heterocycles. The lowest BCUT2D eigenvalue weighted by molar-refractivity contribution is 0.0448. The van der Waals surface area contributed by atoms with Crippen LogP contribution in [0.2, 0.25) is 0 Å². The SMILES string of the molecule is CNc1cc(Nc2cccn(C3CC(F)C3)c2=O)nc2c(C(=O)NC3CC[C@H]3O)cnn12. The van der Waals surface area contributed by atoms with Crippen LogP contribution in [-0.2, 0) is 0 Å². The molecule has 10 nitrogen and oxygen atoms in total. The van der Waals surface area contributed by atoms with Gasteiger partial charge in [-0.3, -0.25) is 9.59 Å². The van der Waals surface area contributed by atoms with Gasteiger partial charge in [-0.05, 0) is 37.8 Å². The van der Waals surface area contributed by atoms with Crippen molar-refractivity contribution in [1.82, 2.24) is 24.5 Å². The molecule has 0 saturated heterocycles. The van der Waals surface area contributed by atoms with Gasteiger partial charge in [0.25, 0.3) is 11.5 Å². The molecule has 2 fully saturated rings. The highest BCUT2D eigenvalue weighted by atomic mass is 19.1. The van der Waals surface area contributed by atoms with Crippen LogP contribution in [0.4, 0.5) is 21.7 Å². The number of hydrogen-bond acceptors (Lipinski definition) is 7. The molecule has 0 aliphatic heterocycles. The molecule has 0 aromatic carbocycles. The summed E-state index contributed by atoms with van der Waals surface area (Å²) in [7, 11) is 1.71. The molecule has 0 bridgehead atoms. The lowest BCUT2D eigenvalue weighted by Crippen LogP contribution is -2.50. The second-order valence-corrected chi connectivity index (χ2v) is 8.28. The number of carbonyl (C=O) groups is 1. The maximum Gasteiger partial charge on any atom is 0.274 e. The monoisotopic (exact) mass is 441 g/mol. The van der Waals surface area contributed by atoms with Gasteiger partial charge in [0.2, 0.25) is 0 Å². The van der Waals surface area contributed by atoms with Gasteiger partial charge in [0.05, 0.1) is 18.3 Å². The van der Waals surface area contributed by atoms with Crippen molar-refractivity contribution in [2.75, 3.05) is 17.7 Å². The summed E-state index contributed by atoms with van der Waals surface area (Å²) in [5.41, 5.74) is 0.610. The summed E-state index contributed by atoms with van der Waals surface area (Å²) in [5.74, 6) is 0.547. The van der Waals surface area contributed by atoms with Crippen LogP contribution in [0, 0.1) is 0 Å². The van der Waals surface area contributed by atoms with Crippen LogP contribution in [-0.4, -0.2) is 55.5 Å². The number of aromatic nitrogens is 4. The summed E-state index contributed by atoms with van der Waals surface area (Å²) >= 11 is 0. The first kappa shape index (κ1) is 20.4. The van der Waals surface area contributed by atoms with E-state index in [2.05, 4.69) is 26.0 Å². The van der Waals surface area contributed by atoms with Gasteiger partial charge in [-0.15, -0.1) is 0 Å². The van der Waals surface area contributed by atoms with Crippen molar-refractivity contribution >= 4 is 28.9 Å². The van der Waals surface area contributed by atoms with Gasteiger partial charge in [0.15, 0.2) is 5.65 Å². The van der Waals surface area contributed by atoms with E-state index in [4.69, 9.17) is 0 Å². The number of hydrogen-bond donors (Lipinski definition) is 4. The van der Waals surface area contributed by atoms with E-state index in [1.807, 2.05) is 0 Å². The van der Waals surface area contributed by atoms with Crippen molar-refractivity contribution in [2.45, 2.75) is 50.0 Å². The Bertz CT molecular complexity index is 1230. The van der Waals surface area contributed by atoms with Crippen LogP contribution in [0.5, 0.6) is 0 Å². The first-order valence-electron chi connectivity index (χ1n) is 10.6. The molecule has 3 aromatic heterocycles. The molecular weight excluding hydrogens is 417 g/mol. The first-order chi connectivity index (χ1) is 15.4. The van der Waals surface area contributed by atoms with Crippen molar-refractivity contribution in [3.8, 4) is 0 Å². The third-order valence-corrected chi connectivity index (χ3v) is 6.21. The van der Waals surface area contributed by atoms with Crippen LogP contribution < -0.4 is 21.5 Å². The number of anilines is 3. The fraction of sp³-hybridized carbons (Fsp3) is 0.429. The molecule has 32 heavy (non-hydrogen) atoms. The molecule has 0 radical (unpaired) electrons. The van der Waals surface area contributed by atoms with E-state index in [-0.39, 0.29) is 29.1 Å². The predicted octanol–water partition coefficient (Wildman–Crippen LogP) is 1.60. The Balaban J connectivity index is 1.46. The van der Waals surface area contributed by atoms with Gasteiger partial charge >= 0.3 is 0 Å². The Kier molecular flexibility index (Phi) is 5.04. The van der Waals surface area contributed by atoms with E-state index < -0.39 is 12.3 Å². The van der Waals surface area contributed by atoms with E-state index in [1.54, 1.807) is 31.4 Å². The summed E-state index contributed by atoms with van der Waals surface area (Å²) in [5, 5.41) is 22.9. The smallest absolute Gasteiger partial charge is 0.274 e. The zero-order chi connectivity index (χ0) is 22.4. The molecule has 1 amide bonds. The molecule has 168 valence electrons. The van der Waals surface area contributed by atoms with E-state index in [1.165, 1.54) is 15.3 Å². The Morgan fingerprint density at radius 2 is 2.12 bits per heavy atom. The van der Waals surface area contributed by atoms with Gasteiger partial charge < -0.3 is 25.6 Å². The third-order valence-electron chi connectivity index (χ3n) is 6.21. The molecule has 11 heteroatoms. The number of nitrogens with one attached hydrogen (secondary N) is 3. The maximum absolute atomic E-state index is 13.3. The van der Waals surface area contributed by atoms with Crippen molar-refractivity contribution in [3.63, 3.8) is 0 Å². The zero-order valence-electron chi connectivity index (χ0n) is 17.5. The number of amides is 1. The largest absolute Gasteiger partial charge is 0.391 e. The predicted molar refractivity (Wildman–Crippen MR) is 116 cm³/mol. The summed E-state index contributed by atoms with van der Waals surface area (Å²) in [6.07, 6.45) is 3.74. The molecular formula is C21H24FN7O3. The highest BCUT2D eigenvalue weighted by molar-refractivity contribution is 6.00. The van der Waals surface area contributed by atoms with Crippen molar-refractivity contribution in [2.24, 2.45) is 0 Å². The van der Waals surface area contributed by atoms with Gasteiger partial charge in [0.1, 0.15) is 29.1 Å². The standard InChI is InChI=1S/C21H24FN7O3/c1-23-18-9-17(25-15-3-2-6-28(21(15)32)12-7-11(22)8-12)27-19-13(10-24-29(18)19)20(31)26-14-4-5-16(14)30/h2-3,6,9-12,14,16,23,30H,4-5,7-8H2,1H3,(H,25,27)(H,26,31)/t11?,12?,14?,16-/m1/s1. The lowest BCUT2D eigenvalue weighted by atomic mass is 9.89. The minimum Gasteiger partial charge on any atom is -0.391 e. The molecule has 3 aromatic rings. The van der Waals surface area contributed by atoms with Gasteiger partial charge in [-0.1, -0.05) is 0 Å². The number of carbonyl (C=O) groups excluding carboxylic acids is 1. The summed E-state index contributed by atoms with van der Waals surface area (Å²) in [4.78, 5) is 30.1. The molecule has 2 aliphatic carbocycles. The fourth-order valence-corrected chi connectivity index (χ4v) is 4.04. The topological polar surface area (TPSA) is 126 Å². The van der Waals surface area contributed by atoms with Crippen molar-refractivity contribution in [3.05, 3.63) is 46.5 Å². The fourth-order valence-electron chi connectivity index (χ4n) is 4.04. The van der Waals surface area contributed by atoms with Crippen LogP contribution >= 0.6 is 0 Å². The van der Waals surface area contributed by atoms with E-state index in [9.17, 15) is 19.1 Å². The van der Waals surface area contributed by atoms with Gasteiger partial charge in [-0.2, -0.15) is 9.61 Å². The molecule has 5 rings (SSSR count). The molecule has 2 saturated carbocycles. The summed E-state index contributed by atoms with van der Waals surface area (Å²) in [6, 6.07) is 4.62. The number of nitrogens with zero attached hydrogens (tertiary/aromatic N) is 4. The van der Waals surface area contributed by atoms with Crippen molar-refractivity contribution < 1.29 is 14.3 Å². The van der Waals surface area contributed by atoms with Crippen LogP contribution in [0.3, 0.4) is 0 Å². The van der Waals surface area contributed by atoms with Crippen LogP contribution in [0.1, 0.15) is 42.1 Å². The zero-order valence-corrected chi connectivity index (χ0v) is 17.5. The molecule has 2 aliphatic rings. The molecule has 2 atom stereocenters. The Hall–Kier alpha value is -3.47. The van der Waals surface area contributed by atoms with Crippen LogP contribution in [0.15, 0.2) is 35.4 Å². The summed E-state index contributed by atoms with van der Waals surface area (Å²) in [6.45, 7) is 0. The quantitative estimate of drug-likeness (QED) is 0.458. The number of pyridine rings is 1. The number of aliphatic hydroxyl groups is 1. The van der Waals surface area contributed by atoms with Crippen molar-refractivity contribution in [1.29, 1.82) is 0 Å². The Morgan fingerprint density at radius 3 is 2.78 bits per heavy atom. The second kappa shape index (κ2) is 7.90. The highest BCUT2D eigenvalue weighted by Crippen LogP contribution is 2.33. The minimum absolute atomic E-state index is 0.144. The number of halogens is 1. The molecule has 4 N–H and O–H groups in total. The summed E-state index contributed by atoms with van der Waals surface area (Å²) < 4.78 is 16.3. The number of fused-ring (bicyclic) bond motifs is 1. The number of alkyl halides is 1. The lowest BCUT2D eigenvalue weighted by Gasteiger charge is -2.32. The van der Waals surface area contributed by atoms with Crippen LogP contribution in [0.25, 0.3) is 5.65 Å². The van der Waals surface area contributed by atoms with Gasteiger partial charge in [0, 0.05) is 25.4 Å². The highest BCUT2D eigenvalue weighted by Gasteiger charge is 2.32. The third kappa shape index (κ3) is 3.48. The normalized spacial score (nSPS) is 24.5. The number of rotatable bonds is 6. The number of aliphatic hydroxyl groups excluding tert-OH is 1. The average molecular weight is 441 g/mol. The van der Waals surface area contributed by atoms with E-state index >= 15 is 0 Å². The first-order valence-corrected chi connectivity index (χ1v) is 10.6. The Labute approximate surface area is 182 Å². The van der Waals surface area contributed by atoms with E-state index in [0.717, 1.165) is 6.42 Å².